The van der Waals surface area contributed by atoms with Gasteiger partial charge in [0.15, 0.2) is 0 Å². The van der Waals surface area contributed by atoms with Gasteiger partial charge in [0.25, 0.3) is 0 Å². The number of carboxylic acids is 1. The number of hydrogen-bond donors (Lipinski definition) is 1. The first kappa shape index (κ1) is 34.5. The predicted octanol–water partition coefficient (Wildman–Crippen LogP) is 10.5. The zero-order valence-corrected chi connectivity index (χ0v) is 25.8. The average Bonchev–Trinajstić information content (AvgIpc) is 3.62. The maximum Gasteiger partial charge on any atom is 0.306 e. The molecule has 0 radical (unpaired) electrons. The van der Waals surface area contributed by atoms with Crippen LogP contribution in [0.15, 0.2) is 0 Å². The van der Waals surface area contributed by atoms with Crippen molar-refractivity contribution in [1.29, 1.82) is 0 Å². The molecular formula is C34H67NO2. The van der Waals surface area contributed by atoms with Crippen molar-refractivity contribution in [2.75, 3.05) is 20.6 Å². The molecule has 37 heavy (non-hydrogen) atoms. The first-order valence-corrected chi connectivity index (χ1v) is 16.9. The Bertz CT molecular complexity index is 520. The first-order chi connectivity index (χ1) is 18.0. The summed E-state index contributed by atoms with van der Waals surface area (Å²) in [6.07, 6.45) is 32.0. The van der Waals surface area contributed by atoms with E-state index >= 15 is 0 Å². The third kappa shape index (κ3) is 19.2. The monoisotopic (exact) mass is 522 g/mol. The Hall–Kier alpha value is -0.570. The van der Waals surface area contributed by atoms with Gasteiger partial charge >= 0.3 is 5.97 Å². The average molecular weight is 522 g/mol. The lowest BCUT2D eigenvalue weighted by atomic mass is 9.81. The van der Waals surface area contributed by atoms with E-state index in [0.717, 1.165) is 37.6 Å². The van der Waals surface area contributed by atoms with Crippen LogP contribution in [0.2, 0.25) is 0 Å². The first-order valence-electron chi connectivity index (χ1n) is 16.9. The van der Waals surface area contributed by atoms with Crippen LogP contribution in [0.3, 0.4) is 0 Å². The topological polar surface area (TPSA) is 40.5 Å². The minimum Gasteiger partial charge on any atom is -0.481 e. The van der Waals surface area contributed by atoms with E-state index in [2.05, 4.69) is 32.8 Å². The molecule has 0 heterocycles. The summed E-state index contributed by atoms with van der Waals surface area (Å²) < 4.78 is 0. The van der Waals surface area contributed by atoms with Crippen LogP contribution in [0.4, 0.5) is 0 Å². The van der Waals surface area contributed by atoms with Crippen LogP contribution in [-0.2, 0) is 4.79 Å². The molecule has 1 rings (SSSR count). The van der Waals surface area contributed by atoms with Gasteiger partial charge in [-0.1, -0.05) is 142 Å². The van der Waals surface area contributed by atoms with Crippen LogP contribution in [0, 0.1) is 23.7 Å². The van der Waals surface area contributed by atoms with Gasteiger partial charge in [-0.25, -0.2) is 0 Å². The molecule has 0 spiro atoms. The van der Waals surface area contributed by atoms with Crippen molar-refractivity contribution in [3.8, 4) is 0 Å². The molecule has 1 N–H and O–H groups in total. The fourth-order valence-electron chi connectivity index (χ4n) is 6.42. The fraction of sp³-hybridized carbons (Fsp3) is 0.971. The van der Waals surface area contributed by atoms with Crippen LogP contribution in [0.25, 0.3) is 0 Å². The maximum atomic E-state index is 12.1. The molecule has 1 aliphatic rings. The van der Waals surface area contributed by atoms with Crippen LogP contribution in [-0.4, -0.2) is 36.6 Å². The van der Waals surface area contributed by atoms with E-state index in [9.17, 15) is 9.90 Å². The van der Waals surface area contributed by atoms with Crippen molar-refractivity contribution in [2.45, 2.75) is 168 Å². The minimum absolute atomic E-state index is 0.166. The van der Waals surface area contributed by atoms with Crippen LogP contribution in [0.1, 0.15) is 168 Å². The summed E-state index contributed by atoms with van der Waals surface area (Å²) in [7, 11) is 4.11. The number of hydrogen-bond acceptors (Lipinski definition) is 2. The molecule has 0 saturated heterocycles. The molecule has 0 aliphatic heterocycles. The number of rotatable bonds is 28. The summed E-state index contributed by atoms with van der Waals surface area (Å²) in [5.74, 6) is 1.79. The zero-order valence-electron chi connectivity index (χ0n) is 25.8. The van der Waals surface area contributed by atoms with Crippen LogP contribution in [0.5, 0.6) is 0 Å². The lowest BCUT2D eigenvalue weighted by Crippen LogP contribution is -2.28. The summed E-state index contributed by atoms with van der Waals surface area (Å²) >= 11 is 0. The van der Waals surface area contributed by atoms with Gasteiger partial charge in [-0.2, -0.15) is 0 Å². The summed E-state index contributed by atoms with van der Waals surface area (Å²) in [5, 5.41) is 9.94. The van der Waals surface area contributed by atoms with E-state index in [4.69, 9.17) is 0 Å². The standard InChI is InChI=1S/C34H67NO2/c1-5-7-9-11-16-21-25-31-29-32(31)26-22-18-14-12-13-17-20-24-30(23-19-15-10-8-6-2)33(34(36)37)27-28-35(3)4/h30-33H,5-29H2,1-4H3,(H,36,37). The van der Waals surface area contributed by atoms with Gasteiger partial charge in [0.2, 0.25) is 0 Å². The van der Waals surface area contributed by atoms with Gasteiger partial charge in [0.1, 0.15) is 0 Å². The molecule has 0 aromatic carbocycles. The Kier molecular flexibility index (Phi) is 21.7. The molecule has 3 heteroatoms. The van der Waals surface area contributed by atoms with Gasteiger partial charge in [0.05, 0.1) is 5.92 Å². The summed E-state index contributed by atoms with van der Waals surface area (Å²) in [6, 6.07) is 0. The molecule has 0 aromatic heterocycles. The zero-order chi connectivity index (χ0) is 27.1. The highest BCUT2D eigenvalue weighted by molar-refractivity contribution is 5.70. The second-order valence-electron chi connectivity index (χ2n) is 12.9. The van der Waals surface area contributed by atoms with Crippen LogP contribution < -0.4 is 0 Å². The third-order valence-corrected chi connectivity index (χ3v) is 9.10. The lowest BCUT2D eigenvalue weighted by Gasteiger charge is -2.25. The summed E-state index contributed by atoms with van der Waals surface area (Å²) in [6.45, 7) is 5.43. The molecule has 1 aliphatic carbocycles. The number of aliphatic carboxylic acids is 1. The molecule has 220 valence electrons. The Morgan fingerprint density at radius 1 is 0.649 bits per heavy atom. The van der Waals surface area contributed by atoms with E-state index in [1.807, 2.05) is 0 Å². The predicted molar refractivity (Wildman–Crippen MR) is 162 cm³/mol. The Morgan fingerprint density at radius 2 is 1.05 bits per heavy atom. The highest BCUT2D eigenvalue weighted by Gasteiger charge is 2.35. The molecular weight excluding hydrogens is 454 g/mol. The quantitative estimate of drug-likeness (QED) is 0.104. The molecule has 0 amide bonds. The van der Waals surface area contributed by atoms with Crippen molar-refractivity contribution in [2.24, 2.45) is 23.7 Å². The van der Waals surface area contributed by atoms with Gasteiger partial charge in [0, 0.05) is 0 Å². The Balaban J connectivity index is 2.11. The molecule has 1 fully saturated rings. The van der Waals surface area contributed by atoms with Crippen molar-refractivity contribution in [3.63, 3.8) is 0 Å². The van der Waals surface area contributed by atoms with E-state index < -0.39 is 5.97 Å². The second-order valence-corrected chi connectivity index (χ2v) is 12.9. The Morgan fingerprint density at radius 3 is 1.46 bits per heavy atom. The SMILES string of the molecule is CCCCCCCCC1CC1CCCCCCCCCC(CCCCCCC)C(CCN(C)C)C(=O)O. The molecule has 0 aromatic rings. The lowest BCUT2D eigenvalue weighted by molar-refractivity contribution is -0.144. The van der Waals surface area contributed by atoms with E-state index in [1.54, 1.807) is 0 Å². The number of carbonyl (C=O) groups is 1. The molecule has 3 nitrogen and oxygen atoms in total. The van der Waals surface area contributed by atoms with Gasteiger partial charge in [-0.05, 0) is 64.1 Å². The van der Waals surface area contributed by atoms with Crippen molar-refractivity contribution >= 4 is 5.97 Å². The largest absolute Gasteiger partial charge is 0.481 e. The third-order valence-electron chi connectivity index (χ3n) is 9.10. The number of nitrogens with zero attached hydrogens (tertiary/aromatic N) is 1. The molecule has 1 saturated carbocycles. The van der Waals surface area contributed by atoms with E-state index in [1.165, 1.54) is 135 Å². The smallest absolute Gasteiger partial charge is 0.306 e. The van der Waals surface area contributed by atoms with Crippen molar-refractivity contribution < 1.29 is 9.90 Å². The fourth-order valence-corrected chi connectivity index (χ4v) is 6.42. The molecule has 4 atom stereocenters. The van der Waals surface area contributed by atoms with E-state index in [-0.39, 0.29) is 5.92 Å². The highest BCUT2D eigenvalue weighted by atomic mass is 16.4. The highest BCUT2D eigenvalue weighted by Crippen LogP contribution is 2.45. The Labute approximate surface area is 232 Å². The van der Waals surface area contributed by atoms with Gasteiger partial charge in [-0.15, -0.1) is 0 Å². The van der Waals surface area contributed by atoms with Crippen molar-refractivity contribution in [1.82, 2.24) is 4.90 Å². The molecule has 0 bridgehead atoms. The summed E-state index contributed by atoms with van der Waals surface area (Å²) in [4.78, 5) is 14.2. The second kappa shape index (κ2) is 23.3. The maximum absolute atomic E-state index is 12.1. The van der Waals surface area contributed by atoms with Crippen LogP contribution >= 0.6 is 0 Å². The number of unbranched alkanes of at least 4 members (excludes halogenated alkanes) is 15. The normalized spacial score (nSPS) is 18.8. The number of carboxylic acid groups (broad SMARTS) is 1. The van der Waals surface area contributed by atoms with Crippen molar-refractivity contribution in [3.05, 3.63) is 0 Å². The van der Waals surface area contributed by atoms with Gasteiger partial charge in [-0.3, -0.25) is 4.79 Å². The minimum atomic E-state index is -0.565. The summed E-state index contributed by atoms with van der Waals surface area (Å²) in [5.41, 5.74) is 0. The van der Waals surface area contributed by atoms with Gasteiger partial charge < -0.3 is 10.0 Å². The van der Waals surface area contributed by atoms with E-state index in [0.29, 0.717) is 5.92 Å². The molecule has 4 unspecified atom stereocenters.